The van der Waals surface area contributed by atoms with E-state index in [0.29, 0.717) is 17.3 Å². The van der Waals surface area contributed by atoms with Crippen LogP contribution < -0.4 is 5.32 Å². The van der Waals surface area contributed by atoms with Crippen LogP contribution in [0.1, 0.15) is 38.3 Å². The molecule has 4 nitrogen and oxygen atoms in total. The van der Waals surface area contributed by atoms with Gasteiger partial charge < -0.3 is 10.2 Å². The van der Waals surface area contributed by atoms with Crippen molar-refractivity contribution in [3.05, 3.63) is 70.5 Å². The number of amides is 2. The lowest BCUT2D eigenvalue weighted by atomic mass is 10.1. The standard InChI is InChI=1S/C23H28ClFN2O2S/c1-4-16(2)26-23(29)17(3)27(13-18-5-9-20(24)10-6-18)22(28)15-30-14-19-7-11-21(25)12-8-19/h5-12,16-17H,4,13-15H2,1-3H3,(H,26,29)/t16-,17-/m1/s1. The monoisotopic (exact) mass is 450 g/mol. The Bertz CT molecular complexity index is 830. The second-order valence-electron chi connectivity index (χ2n) is 7.26. The van der Waals surface area contributed by atoms with Crippen molar-refractivity contribution in [2.45, 2.75) is 51.6 Å². The van der Waals surface area contributed by atoms with Gasteiger partial charge in [-0.3, -0.25) is 9.59 Å². The van der Waals surface area contributed by atoms with Crippen LogP contribution in [-0.4, -0.2) is 34.6 Å². The van der Waals surface area contributed by atoms with Crippen molar-refractivity contribution in [3.63, 3.8) is 0 Å². The van der Waals surface area contributed by atoms with Crippen LogP contribution in [0.3, 0.4) is 0 Å². The molecule has 0 radical (unpaired) electrons. The molecule has 0 aliphatic carbocycles. The minimum atomic E-state index is -0.603. The molecule has 0 saturated carbocycles. The molecule has 30 heavy (non-hydrogen) atoms. The number of hydrogen-bond donors (Lipinski definition) is 1. The van der Waals surface area contributed by atoms with Gasteiger partial charge in [-0.1, -0.05) is 42.8 Å². The first-order valence-corrected chi connectivity index (χ1v) is 11.5. The number of thioether (sulfide) groups is 1. The van der Waals surface area contributed by atoms with Gasteiger partial charge >= 0.3 is 0 Å². The Balaban J connectivity index is 2.06. The van der Waals surface area contributed by atoms with Gasteiger partial charge in [-0.25, -0.2) is 4.39 Å². The van der Waals surface area contributed by atoms with Crippen LogP contribution in [0.25, 0.3) is 0 Å². The number of halogens is 2. The molecule has 0 aliphatic rings. The van der Waals surface area contributed by atoms with Crippen molar-refractivity contribution in [3.8, 4) is 0 Å². The van der Waals surface area contributed by atoms with Crippen LogP contribution in [0.15, 0.2) is 48.5 Å². The van der Waals surface area contributed by atoms with Gasteiger partial charge in [0.1, 0.15) is 11.9 Å². The number of benzene rings is 2. The lowest BCUT2D eigenvalue weighted by Gasteiger charge is -2.29. The number of carbonyl (C=O) groups excluding carboxylic acids is 2. The molecule has 0 unspecified atom stereocenters. The maximum atomic E-state index is 13.0. The van der Waals surface area contributed by atoms with Crippen LogP contribution in [-0.2, 0) is 21.9 Å². The van der Waals surface area contributed by atoms with E-state index in [0.717, 1.165) is 17.5 Å². The molecular weight excluding hydrogens is 423 g/mol. The molecule has 0 bridgehead atoms. The smallest absolute Gasteiger partial charge is 0.242 e. The highest BCUT2D eigenvalue weighted by molar-refractivity contribution is 7.99. The predicted molar refractivity (Wildman–Crippen MR) is 122 cm³/mol. The van der Waals surface area contributed by atoms with Gasteiger partial charge in [-0.15, -0.1) is 11.8 Å². The second kappa shape index (κ2) is 12.0. The lowest BCUT2D eigenvalue weighted by Crippen LogP contribution is -2.50. The number of nitrogens with one attached hydrogen (secondary N) is 1. The minimum Gasteiger partial charge on any atom is -0.352 e. The molecule has 0 saturated heterocycles. The normalized spacial score (nSPS) is 12.8. The van der Waals surface area contributed by atoms with Gasteiger partial charge in [0.2, 0.25) is 11.8 Å². The summed E-state index contributed by atoms with van der Waals surface area (Å²) in [7, 11) is 0. The van der Waals surface area contributed by atoms with Crippen molar-refractivity contribution in [2.75, 3.05) is 5.75 Å². The van der Waals surface area contributed by atoms with E-state index in [1.807, 2.05) is 26.0 Å². The average Bonchev–Trinajstić information content (AvgIpc) is 2.74. The van der Waals surface area contributed by atoms with Crippen molar-refractivity contribution < 1.29 is 14.0 Å². The summed E-state index contributed by atoms with van der Waals surface area (Å²) in [4.78, 5) is 27.3. The zero-order valence-electron chi connectivity index (χ0n) is 17.5. The van der Waals surface area contributed by atoms with Crippen molar-refractivity contribution >= 4 is 35.2 Å². The van der Waals surface area contributed by atoms with Crippen molar-refractivity contribution in [2.24, 2.45) is 0 Å². The Morgan fingerprint density at radius 1 is 1.07 bits per heavy atom. The van der Waals surface area contributed by atoms with E-state index >= 15 is 0 Å². The second-order valence-corrected chi connectivity index (χ2v) is 8.68. The fourth-order valence-corrected chi connectivity index (χ4v) is 3.75. The van der Waals surface area contributed by atoms with Gasteiger partial charge in [0.15, 0.2) is 0 Å². The zero-order valence-corrected chi connectivity index (χ0v) is 19.1. The Labute approximate surface area is 187 Å². The largest absolute Gasteiger partial charge is 0.352 e. The van der Waals surface area contributed by atoms with Crippen LogP contribution >= 0.6 is 23.4 Å². The molecule has 0 aliphatic heterocycles. The summed E-state index contributed by atoms with van der Waals surface area (Å²) in [5.41, 5.74) is 1.85. The molecule has 2 amide bonds. The van der Waals surface area contributed by atoms with Gasteiger partial charge in [-0.2, -0.15) is 0 Å². The first-order chi connectivity index (χ1) is 14.3. The molecule has 0 spiro atoms. The Hall–Kier alpha value is -2.05. The third-order valence-electron chi connectivity index (χ3n) is 4.84. The van der Waals surface area contributed by atoms with Gasteiger partial charge in [-0.05, 0) is 55.7 Å². The molecule has 2 atom stereocenters. The molecule has 2 aromatic carbocycles. The van der Waals surface area contributed by atoms with E-state index in [1.165, 1.54) is 23.9 Å². The maximum Gasteiger partial charge on any atom is 0.242 e. The van der Waals surface area contributed by atoms with E-state index in [2.05, 4.69) is 5.32 Å². The minimum absolute atomic E-state index is 0.0419. The summed E-state index contributed by atoms with van der Waals surface area (Å²) >= 11 is 7.40. The van der Waals surface area contributed by atoms with E-state index in [9.17, 15) is 14.0 Å². The Kier molecular flexibility index (Phi) is 9.66. The van der Waals surface area contributed by atoms with Crippen LogP contribution in [0.4, 0.5) is 4.39 Å². The Morgan fingerprint density at radius 2 is 1.67 bits per heavy atom. The summed E-state index contributed by atoms with van der Waals surface area (Å²) in [6, 6.07) is 12.9. The molecule has 0 aromatic heterocycles. The molecule has 1 N–H and O–H groups in total. The number of nitrogens with zero attached hydrogens (tertiary/aromatic N) is 1. The Morgan fingerprint density at radius 3 is 2.27 bits per heavy atom. The van der Waals surface area contributed by atoms with Gasteiger partial charge in [0.25, 0.3) is 0 Å². The van der Waals surface area contributed by atoms with E-state index in [1.54, 1.807) is 36.1 Å². The highest BCUT2D eigenvalue weighted by Gasteiger charge is 2.26. The van der Waals surface area contributed by atoms with E-state index < -0.39 is 6.04 Å². The van der Waals surface area contributed by atoms with Crippen molar-refractivity contribution in [1.29, 1.82) is 0 Å². The lowest BCUT2D eigenvalue weighted by molar-refractivity contribution is -0.138. The SMILES string of the molecule is CC[C@@H](C)NC(=O)[C@@H](C)N(Cc1ccc(Cl)cc1)C(=O)CSCc1ccc(F)cc1. The third-order valence-corrected chi connectivity index (χ3v) is 6.08. The van der Waals surface area contributed by atoms with Crippen molar-refractivity contribution in [1.82, 2.24) is 10.2 Å². The summed E-state index contributed by atoms with van der Waals surface area (Å²) in [6.45, 7) is 6.01. The molecular formula is C23H28ClFN2O2S. The molecule has 2 aromatic rings. The topological polar surface area (TPSA) is 49.4 Å². The number of hydrogen-bond acceptors (Lipinski definition) is 3. The maximum absolute atomic E-state index is 13.0. The first kappa shape index (κ1) is 24.2. The summed E-state index contributed by atoms with van der Waals surface area (Å²) in [6.07, 6.45) is 0.817. The van der Waals surface area contributed by atoms with E-state index in [-0.39, 0.29) is 29.4 Å². The quantitative estimate of drug-likeness (QED) is 0.551. The predicted octanol–water partition coefficient (Wildman–Crippen LogP) is 5.04. The molecule has 162 valence electrons. The molecule has 7 heteroatoms. The van der Waals surface area contributed by atoms with Crippen LogP contribution in [0, 0.1) is 5.82 Å². The highest BCUT2D eigenvalue weighted by atomic mass is 35.5. The molecule has 0 heterocycles. The van der Waals surface area contributed by atoms with Gasteiger partial charge in [0, 0.05) is 23.4 Å². The van der Waals surface area contributed by atoms with Crippen LogP contribution in [0.2, 0.25) is 5.02 Å². The molecule has 2 rings (SSSR count). The van der Waals surface area contributed by atoms with Crippen LogP contribution in [0.5, 0.6) is 0 Å². The summed E-state index contributed by atoms with van der Waals surface area (Å²) < 4.78 is 13.0. The van der Waals surface area contributed by atoms with E-state index in [4.69, 9.17) is 11.6 Å². The van der Waals surface area contributed by atoms with Gasteiger partial charge in [0.05, 0.1) is 5.75 Å². The zero-order chi connectivity index (χ0) is 22.1. The number of carbonyl (C=O) groups is 2. The third kappa shape index (κ3) is 7.65. The summed E-state index contributed by atoms with van der Waals surface area (Å²) in [5.74, 6) is 0.245. The molecule has 0 fully saturated rings. The summed E-state index contributed by atoms with van der Waals surface area (Å²) in [5, 5.41) is 3.57. The fourth-order valence-electron chi connectivity index (χ4n) is 2.75. The average molecular weight is 451 g/mol. The highest BCUT2D eigenvalue weighted by Crippen LogP contribution is 2.17. The fraction of sp³-hybridized carbons (Fsp3) is 0.391. The first-order valence-electron chi connectivity index (χ1n) is 9.96. The number of rotatable bonds is 10.